The Morgan fingerprint density at radius 2 is 0.971 bits per heavy atom. The fourth-order valence-corrected chi connectivity index (χ4v) is 3.10. The summed E-state index contributed by atoms with van der Waals surface area (Å²) in [6.45, 7) is 5.79. The van der Waals surface area contributed by atoms with E-state index in [0.717, 1.165) is 26.7 Å². The van der Waals surface area contributed by atoms with E-state index in [1.54, 1.807) is 12.1 Å². The largest absolute Gasteiger partial charge is 0.349 e. The molecule has 34 heavy (non-hydrogen) atoms. The van der Waals surface area contributed by atoms with Gasteiger partial charge in [-0.25, -0.2) is 0 Å². The molecular formula is C26H31Cl4N3O. The molecule has 3 rings (SSSR count). The van der Waals surface area contributed by atoms with Gasteiger partial charge in [0, 0.05) is 27.2 Å². The van der Waals surface area contributed by atoms with Crippen LogP contribution in [0.15, 0.2) is 72.8 Å². The normalized spacial score (nSPS) is 12.7. The van der Waals surface area contributed by atoms with Crippen LogP contribution in [-0.2, 0) is 4.79 Å². The number of amides is 1. The van der Waals surface area contributed by atoms with Crippen molar-refractivity contribution in [2.45, 2.75) is 38.9 Å². The van der Waals surface area contributed by atoms with Gasteiger partial charge in [0.1, 0.15) is 5.88 Å². The van der Waals surface area contributed by atoms with Crippen molar-refractivity contribution in [2.24, 2.45) is 11.5 Å². The number of rotatable bonds is 5. The zero-order valence-corrected chi connectivity index (χ0v) is 22.5. The van der Waals surface area contributed by atoms with Crippen LogP contribution in [0.3, 0.4) is 0 Å². The number of benzene rings is 3. The van der Waals surface area contributed by atoms with Gasteiger partial charge in [0.25, 0.3) is 0 Å². The molecule has 3 unspecified atom stereocenters. The van der Waals surface area contributed by atoms with Crippen LogP contribution in [0.4, 0.5) is 0 Å². The number of nitrogens with two attached hydrogens (primary N) is 2. The first kappa shape index (κ1) is 30.2. The summed E-state index contributed by atoms with van der Waals surface area (Å²) in [5, 5.41) is 4.94. The van der Waals surface area contributed by atoms with Crippen LogP contribution in [0.1, 0.15) is 55.6 Å². The highest BCUT2D eigenvalue weighted by atomic mass is 35.5. The van der Waals surface area contributed by atoms with Crippen LogP contribution in [0.2, 0.25) is 15.1 Å². The molecule has 0 saturated heterocycles. The Kier molecular flexibility index (Phi) is 14.2. The molecule has 0 aromatic heterocycles. The summed E-state index contributed by atoms with van der Waals surface area (Å²) in [6.07, 6.45) is 0. The molecule has 3 aromatic rings. The molecule has 8 heteroatoms. The third kappa shape index (κ3) is 12.1. The van der Waals surface area contributed by atoms with Crippen molar-refractivity contribution >= 4 is 52.3 Å². The van der Waals surface area contributed by atoms with E-state index in [0.29, 0.717) is 5.02 Å². The van der Waals surface area contributed by atoms with Crippen LogP contribution < -0.4 is 16.8 Å². The SMILES string of the molecule is CC(N)c1ccc(Cl)cc1.CC(N)c1ccc(Cl)cc1.CC(NC(=O)CCl)c1ccc(Cl)cc1. The maximum Gasteiger partial charge on any atom is 0.235 e. The predicted molar refractivity (Wildman–Crippen MR) is 147 cm³/mol. The minimum atomic E-state index is -0.172. The first-order chi connectivity index (χ1) is 16.0. The van der Waals surface area contributed by atoms with E-state index in [2.05, 4.69) is 5.32 Å². The molecule has 0 spiro atoms. The highest BCUT2D eigenvalue weighted by molar-refractivity contribution is 6.31. The second kappa shape index (κ2) is 16.0. The maximum absolute atomic E-state index is 11.0. The van der Waals surface area contributed by atoms with Crippen LogP contribution in [0.5, 0.6) is 0 Å². The zero-order valence-electron chi connectivity index (χ0n) is 19.4. The van der Waals surface area contributed by atoms with Crippen molar-refractivity contribution < 1.29 is 4.79 Å². The predicted octanol–water partition coefficient (Wildman–Crippen LogP) is 7.48. The standard InChI is InChI=1S/C10H11Cl2NO.2C8H10ClN/c1-7(13-10(14)6-11)8-2-4-9(12)5-3-8;2*1-6(10)7-2-4-8(9)5-3-7/h2-5,7H,6H2,1H3,(H,13,14);2*2-6H,10H2,1H3. The summed E-state index contributed by atoms with van der Waals surface area (Å²) >= 11 is 22.5. The lowest BCUT2D eigenvalue weighted by atomic mass is 10.1. The minimum absolute atomic E-state index is 0.0159. The summed E-state index contributed by atoms with van der Waals surface area (Å²) < 4.78 is 0. The number of halogens is 4. The average molecular weight is 543 g/mol. The van der Waals surface area contributed by atoms with E-state index in [9.17, 15) is 4.79 Å². The molecule has 0 heterocycles. The fraction of sp³-hybridized carbons (Fsp3) is 0.269. The minimum Gasteiger partial charge on any atom is -0.349 e. The van der Waals surface area contributed by atoms with Crippen molar-refractivity contribution in [3.63, 3.8) is 0 Å². The molecular weight excluding hydrogens is 512 g/mol. The smallest absolute Gasteiger partial charge is 0.235 e. The zero-order chi connectivity index (χ0) is 25.7. The topological polar surface area (TPSA) is 81.1 Å². The monoisotopic (exact) mass is 541 g/mol. The molecule has 1 amide bonds. The Bertz CT molecular complexity index is 927. The molecule has 0 aliphatic heterocycles. The second-order valence-electron chi connectivity index (χ2n) is 7.65. The molecule has 0 radical (unpaired) electrons. The quantitative estimate of drug-likeness (QED) is 0.292. The van der Waals surface area contributed by atoms with Gasteiger partial charge in [0.15, 0.2) is 0 Å². The number of hydrogen-bond donors (Lipinski definition) is 3. The van der Waals surface area contributed by atoms with E-state index in [4.69, 9.17) is 57.9 Å². The lowest BCUT2D eigenvalue weighted by Gasteiger charge is -2.13. The highest BCUT2D eigenvalue weighted by Crippen LogP contribution is 2.16. The molecule has 184 valence electrons. The average Bonchev–Trinajstić information content (AvgIpc) is 2.81. The third-order valence-electron chi connectivity index (χ3n) is 4.66. The Morgan fingerprint density at radius 1 is 0.676 bits per heavy atom. The summed E-state index contributed by atoms with van der Waals surface area (Å²) in [4.78, 5) is 11.0. The van der Waals surface area contributed by atoms with E-state index in [1.165, 1.54) is 0 Å². The fourth-order valence-electron chi connectivity index (χ4n) is 2.65. The Labute approximate surface area is 222 Å². The van der Waals surface area contributed by atoms with Gasteiger partial charge in [-0.15, -0.1) is 11.6 Å². The third-order valence-corrected chi connectivity index (χ3v) is 5.66. The van der Waals surface area contributed by atoms with Crippen molar-refractivity contribution in [1.82, 2.24) is 5.32 Å². The van der Waals surface area contributed by atoms with Gasteiger partial charge in [0.2, 0.25) is 5.91 Å². The maximum atomic E-state index is 11.0. The highest BCUT2D eigenvalue weighted by Gasteiger charge is 2.07. The Balaban J connectivity index is 0.000000261. The van der Waals surface area contributed by atoms with Gasteiger partial charge in [0.05, 0.1) is 6.04 Å². The first-order valence-electron chi connectivity index (χ1n) is 10.7. The molecule has 0 aliphatic rings. The van der Waals surface area contributed by atoms with Gasteiger partial charge in [-0.2, -0.15) is 0 Å². The number of nitrogens with one attached hydrogen (secondary N) is 1. The summed E-state index contributed by atoms with van der Waals surface area (Å²) in [5.41, 5.74) is 14.5. The number of hydrogen-bond acceptors (Lipinski definition) is 3. The van der Waals surface area contributed by atoms with Crippen LogP contribution in [-0.4, -0.2) is 11.8 Å². The summed E-state index contributed by atoms with van der Waals surface area (Å²) in [7, 11) is 0. The first-order valence-corrected chi connectivity index (χ1v) is 12.3. The molecule has 0 fully saturated rings. The Hall–Kier alpha value is -1.79. The van der Waals surface area contributed by atoms with Gasteiger partial charge < -0.3 is 16.8 Å². The summed E-state index contributed by atoms with van der Waals surface area (Å²) in [6, 6.07) is 22.6. The van der Waals surface area contributed by atoms with Gasteiger partial charge in [-0.1, -0.05) is 71.2 Å². The molecule has 3 atom stereocenters. The van der Waals surface area contributed by atoms with Crippen LogP contribution >= 0.6 is 46.4 Å². The van der Waals surface area contributed by atoms with Crippen molar-refractivity contribution in [2.75, 3.05) is 5.88 Å². The van der Waals surface area contributed by atoms with Crippen LogP contribution in [0.25, 0.3) is 0 Å². The molecule has 0 bridgehead atoms. The van der Waals surface area contributed by atoms with E-state index in [1.807, 2.05) is 81.4 Å². The van der Waals surface area contributed by atoms with E-state index >= 15 is 0 Å². The number of alkyl halides is 1. The lowest BCUT2D eigenvalue weighted by Crippen LogP contribution is -2.27. The molecule has 5 N–H and O–H groups in total. The van der Waals surface area contributed by atoms with Gasteiger partial charge in [-0.3, -0.25) is 4.79 Å². The molecule has 4 nitrogen and oxygen atoms in total. The van der Waals surface area contributed by atoms with Crippen molar-refractivity contribution in [3.05, 3.63) is 105 Å². The molecule has 3 aromatic carbocycles. The van der Waals surface area contributed by atoms with E-state index in [-0.39, 0.29) is 29.9 Å². The Morgan fingerprint density at radius 3 is 1.24 bits per heavy atom. The number of carbonyl (C=O) groups excluding carboxylic acids is 1. The van der Waals surface area contributed by atoms with Crippen molar-refractivity contribution in [1.29, 1.82) is 0 Å². The summed E-state index contributed by atoms with van der Waals surface area (Å²) in [5.74, 6) is -0.188. The molecule has 0 saturated carbocycles. The lowest BCUT2D eigenvalue weighted by molar-refractivity contribution is -0.119. The van der Waals surface area contributed by atoms with Gasteiger partial charge >= 0.3 is 0 Å². The van der Waals surface area contributed by atoms with E-state index < -0.39 is 0 Å². The second-order valence-corrected chi connectivity index (χ2v) is 9.23. The van der Waals surface area contributed by atoms with Crippen molar-refractivity contribution in [3.8, 4) is 0 Å². The van der Waals surface area contributed by atoms with Gasteiger partial charge in [-0.05, 0) is 73.9 Å². The van der Waals surface area contributed by atoms with Crippen LogP contribution in [0, 0.1) is 0 Å². The molecule has 0 aliphatic carbocycles. The number of carbonyl (C=O) groups is 1.